The highest BCUT2D eigenvalue weighted by Crippen LogP contribution is 2.06. The maximum Gasteiger partial charge on any atom is 0.304 e. The summed E-state index contributed by atoms with van der Waals surface area (Å²) in [4.78, 5) is 10.2. The van der Waals surface area contributed by atoms with Crippen molar-refractivity contribution in [3.8, 4) is 0 Å². The van der Waals surface area contributed by atoms with Crippen molar-refractivity contribution in [3.63, 3.8) is 0 Å². The van der Waals surface area contributed by atoms with Gasteiger partial charge in [-0.3, -0.25) is 4.79 Å². The molecule has 0 amide bonds. The van der Waals surface area contributed by atoms with Gasteiger partial charge in [0, 0.05) is 12.5 Å². The van der Waals surface area contributed by atoms with E-state index >= 15 is 0 Å². The first-order valence-corrected chi connectivity index (χ1v) is 3.99. The SMILES string of the molecule is C=C(C[C@H](N)CC(=O)O)O/C=C\C. The van der Waals surface area contributed by atoms with Crippen molar-refractivity contribution in [2.24, 2.45) is 5.73 Å². The van der Waals surface area contributed by atoms with E-state index in [9.17, 15) is 4.79 Å². The molecule has 0 aromatic carbocycles. The smallest absolute Gasteiger partial charge is 0.304 e. The second kappa shape index (κ2) is 6.25. The first-order chi connectivity index (χ1) is 6.06. The minimum absolute atomic E-state index is 0.0712. The van der Waals surface area contributed by atoms with Crippen LogP contribution in [0.25, 0.3) is 0 Å². The van der Waals surface area contributed by atoms with E-state index in [-0.39, 0.29) is 6.42 Å². The first-order valence-electron chi connectivity index (χ1n) is 3.99. The van der Waals surface area contributed by atoms with E-state index in [2.05, 4.69) is 6.58 Å². The van der Waals surface area contributed by atoms with Crippen LogP contribution in [0.15, 0.2) is 24.7 Å². The summed E-state index contributed by atoms with van der Waals surface area (Å²) in [6.45, 7) is 5.40. The molecule has 13 heavy (non-hydrogen) atoms. The van der Waals surface area contributed by atoms with Crippen LogP contribution in [-0.2, 0) is 9.53 Å². The van der Waals surface area contributed by atoms with Gasteiger partial charge in [0.1, 0.15) is 0 Å². The fourth-order valence-corrected chi connectivity index (χ4v) is 0.801. The molecule has 0 aliphatic rings. The second-order valence-corrected chi connectivity index (χ2v) is 2.69. The average molecular weight is 185 g/mol. The zero-order valence-corrected chi connectivity index (χ0v) is 7.69. The Hall–Kier alpha value is -1.29. The van der Waals surface area contributed by atoms with Gasteiger partial charge in [-0.2, -0.15) is 0 Å². The van der Waals surface area contributed by atoms with Gasteiger partial charge < -0.3 is 15.6 Å². The molecule has 4 nitrogen and oxygen atoms in total. The fourth-order valence-electron chi connectivity index (χ4n) is 0.801. The number of rotatable bonds is 6. The Bertz CT molecular complexity index is 211. The lowest BCUT2D eigenvalue weighted by Gasteiger charge is -2.09. The van der Waals surface area contributed by atoms with E-state index < -0.39 is 12.0 Å². The van der Waals surface area contributed by atoms with Crippen LogP contribution in [0.2, 0.25) is 0 Å². The van der Waals surface area contributed by atoms with Crippen LogP contribution in [-0.4, -0.2) is 17.1 Å². The van der Waals surface area contributed by atoms with Gasteiger partial charge in [-0.1, -0.05) is 12.7 Å². The summed E-state index contributed by atoms with van der Waals surface area (Å²) in [6, 6.07) is -0.435. The van der Waals surface area contributed by atoms with Crippen molar-refractivity contribution in [2.75, 3.05) is 0 Å². The first kappa shape index (κ1) is 11.7. The molecule has 0 unspecified atom stereocenters. The number of hydrogen-bond acceptors (Lipinski definition) is 3. The standard InChI is InChI=1S/C9H15NO3/c1-3-4-13-7(2)5-8(10)6-9(11)12/h3-4,8H,2,5-6,10H2,1H3,(H,11,12)/b4-3-/t8-/m0/s1. The molecular formula is C9H15NO3. The van der Waals surface area contributed by atoms with Crippen LogP contribution in [0.4, 0.5) is 0 Å². The maximum atomic E-state index is 10.2. The van der Waals surface area contributed by atoms with Gasteiger partial charge in [0.25, 0.3) is 0 Å². The molecule has 0 aliphatic heterocycles. The second-order valence-electron chi connectivity index (χ2n) is 2.69. The van der Waals surface area contributed by atoms with Crippen LogP contribution in [0.5, 0.6) is 0 Å². The highest BCUT2D eigenvalue weighted by molar-refractivity contribution is 5.67. The molecular weight excluding hydrogens is 170 g/mol. The van der Waals surface area contributed by atoms with Gasteiger partial charge in [0.15, 0.2) is 0 Å². The van der Waals surface area contributed by atoms with Crippen molar-refractivity contribution < 1.29 is 14.6 Å². The molecule has 0 bridgehead atoms. The minimum atomic E-state index is -0.911. The Balaban J connectivity index is 3.71. The predicted octanol–water partition coefficient (Wildman–Crippen LogP) is 1.24. The zero-order chi connectivity index (χ0) is 10.3. The van der Waals surface area contributed by atoms with Gasteiger partial charge in [-0.15, -0.1) is 0 Å². The molecule has 74 valence electrons. The van der Waals surface area contributed by atoms with Crippen LogP contribution in [0, 0.1) is 0 Å². The van der Waals surface area contributed by atoms with E-state index in [0.717, 1.165) is 0 Å². The lowest BCUT2D eigenvalue weighted by Crippen LogP contribution is -2.24. The third-order valence-corrected chi connectivity index (χ3v) is 1.30. The lowest BCUT2D eigenvalue weighted by molar-refractivity contribution is -0.137. The van der Waals surface area contributed by atoms with E-state index in [1.807, 2.05) is 6.92 Å². The summed E-state index contributed by atoms with van der Waals surface area (Å²) in [5.41, 5.74) is 5.50. The molecule has 0 saturated heterocycles. The van der Waals surface area contributed by atoms with E-state index in [4.69, 9.17) is 15.6 Å². The molecule has 0 rings (SSSR count). The average Bonchev–Trinajstić information content (AvgIpc) is 1.98. The third kappa shape index (κ3) is 7.08. The van der Waals surface area contributed by atoms with E-state index in [0.29, 0.717) is 12.2 Å². The molecule has 0 saturated carbocycles. The molecule has 0 spiro atoms. The molecule has 0 radical (unpaired) electrons. The van der Waals surface area contributed by atoms with Crippen LogP contribution < -0.4 is 5.73 Å². The topological polar surface area (TPSA) is 72.6 Å². The molecule has 0 fully saturated rings. The summed E-state index contributed by atoms with van der Waals surface area (Å²) in [5, 5.41) is 8.41. The van der Waals surface area contributed by atoms with Gasteiger partial charge >= 0.3 is 5.97 Å². The summed E-state index contributed by atoms with van der Waals surface area (Å²) in [7, 11) is 0. The minimum Gasteiger partial charge on any atom is -0.481 e. The van der Waals surface area contributed by atoms with E-state index in [1.165, 1.54) is 6.26 Å². The Labute approximate surface area is 77.7 Å². The summed E-state index contributed by atoms with van der Waals surface area (Å²) >= 11 is 0. The van der Waals surface area contributed by atoms with Crippen molar-refractivity contribution >= 4 is 5.97 Å². The number of ether oxygens (including phenoxy) is 1. The Kier molecular flexibility index (Phi) is 5.63. The Morgan fingerprint density at radius 2 is 2.31 bits per heavy atom. The maximum absolute atomic E-state index is 10.2. The Morgan fingerprint density at radius 3 is 2.77 bits per heavy atom. The van der Waals surface area contributed by atoms with Crippen LogP contribution in [0.3, 0.4) is 0 Å². The normalized spacial score (nSPS) is 12.8. The number of carboxylic acid groups (broad SMARTS) is 1. The van der Waals surface area contributed by atoms with Crippen molar-refractivity contribution in [3.05, 3.63) is 24.7 Å². The molecule has 0 heterocycles. The van der Waals surface area contributed by atoms with Crippen molar-refractivity contribution in [1.82, 2.24) is 0 Å². The number of allylic oxidation sites excluding steroid dienone is 1. The molecule has 0 aromatic rings. The van der Waals surface area contributed by atoms with E-state index in [1.54, 1.807) is 6.08 Å². The van der Waals surface area contributed by atoms with Gasteiger partial charge in [0.05, 0.1) is 18.4 Å². The summed E-state index contributed by atoms with van der Waals surface area (Å²) < 4.78 is 5.00. The predicted molar refractivity (Wildman–Crippen MR) is 49.9 cm³/mol. The van der Waals surface area contributed by atoms with Gasteiger partial charge in [-0.05, 0) is 6.92 Å². The largest absolute Gasteiger partial charge is 0.481 e. The van der Waals surface area contributed by atoms with Gasteiger partial charge in [0.2, 0.25) is 0 Å². The van der Waals surface area contributed by atoms with Crippen LogP contribution >= 0.6 is 0 Å². The highest BCUT2D eigenvalue weighted by Gasteiger charge is 2.09. The van der Waals surface area contributed by atoms with Crippen molar-refractivity contribution in [2.45, 2.75) is 25.8 Å². The fraction of sp³-hybridized carbons (Fsp3) is 0.444. The van der Waals surface area contributed by atoms with Crippen LogP contribution in [0.1, 0.15) is 19.8 Å². The number of hydrogen-bond donors (Lipinski definition) is 2. The zero-order valence-electron chi connectivity index (χ0n) is 7.69. The number of nitrogens with two attached hydrogens (primary N) is 1. The quantitative estimate of drug-likeness (QED) is 0.611. The molecule has 1 atom stereocenters. The lowest BCUT2D eigenvalue weighted by atomic mass is 10.1. The molecule has 3 N–H and O–H groups in total. The molecule has 0 aromatic heterocycles. The van der Waals surface area contributed by atoms with Crippen molar-refractivity contribution in [1.29, 1.82) is 0 Å². The molecule has 0 aliphatic carbocycles. The monoisotopic (exact) mass is 185 g/mol. The Morgan fingerprint density at radius 1 is 1.69 bits per heavy atom. The number of carboxylic acids is 1. The summed E-state index contributed by atoms with van der Waals surface area (Å²) in [5.74, 6) is -0.432. The number of carbonyl (C=O) groups is 1. The summed E-state index contributed by atoms with van der Waals surface area (Å²) in [6.07, 6.45) is 3.48. The highest BCUT2D eigenvalue weighted by atomic mass is 16.5. The number of aliphatic carboxylic acids is 1. The van der Waals surface area contributed by atoms with Gasteiger partial charge in [-0.25, -0.2) is 0 Å². The third-order valence-electron chi connectivity index (χ3n) is 1.30. The molecule has 4 heteroatoms.